The largest absolute Gasteiger partial charge is 0.412 e. The van der Waals surface area contributed by atoms with Gasteiger partial charge in [0.2, 0.25) is 5.89 Å². The molecular formula is C10H9ClN2O. The molecule has 0 aliphatic rings. The SMILES string of the molecule is Cc1ccc(Cc2nnc(Cl)o2)cc1. The van der Waals surface area contributed by atoms with E-state index in [4.69, 9.17) is 16.0 Å². The van der Waals surface area contributed by atoms with E-state index in [1.54, 1.807) is 0 Å². The zero-order chi connectivity index (χ0) is 9.97. The standard InChI is InChI=1S/C10H9ClN2O/c1-7-2-4-8(5-3-7)6-9-12-13-10(11)14-9/h2-5H,6H2,1H3. The lowest BCUT2D eigenvalue weighted by Crippen LogP contribution is -1.88. The highest BCUT2D eigenvalue weighted by Gasteiger charge is 2.03. The van der Waals surface area contributed by atoms with Gasteiger partial charge in [-0.25, -0.2) is 0 Å². The Kier molecular flexibility index (Phi) is 2.50. The second-order valence-electron chi connectivity index (χ2n) is 3.11. The molecule has 0 fully saturated rings. The monoisotopic (exact) mass is 208 g/mol. The summed E-state index contributed by atoms with van der Waals surface area (Å²) in [4.78, 5) is 0. The predicted molar refractivity (Wildman–Crippen MR) is 53.3 cm³/mol. The lowest BCUT2D eigenvalue weighted by Gasteiger charge is -1.96. The maximum atomic E-state index is 5.51. The van der Waals surface area contributed by atoms with Gasteiger partial charge in [-0.1, -0.05) is 34.9 Å². The molecule has 2 aromatic rings. The van der Waals surface area contributed by atoms with Crippen LogP contribution in [0.25, 0.3) is 0 Å². The molecule has 0 bridgehead atoms. The molecule has 14 heavy (non-hydrogen) atoms. The number of nitrogens with zero attached hydrogens (tertiary/aromatic N) is 2. The Morgan fingerprint density at radius 1 is 1.21 bits per heavy atom. The fourth-order valence-electron chi connectivity index (χ4n) is 1.19. The van der Waals surface area contributed by atoms with Gasteiger partial charge in [0.1, 0.15) is 0 Å². The predicted octanol–water partition coefficient (Wildman–Crippen LogP) is 2.62. The lowest BCUT2D eigenvalue weighted by atomic mass is 10.1. The molecule has 1 aromatic heterocycles. The minimum Gasteiger partial charge on any atom is -0.412 e. The van der Waals surface area contributed by atoms with E-state index in [0.29, 0.717) is 12.3 Å². The Bertz CT molecular complexity index is 422. The van der Waals surface area contributed by atoms with Crippen LogP contribution in [0.15, 0.2) is 28.7 Å². The van der Waals surface area contributed by atoms with Gasteiger partial charge in [-0.2, -0.15) is 0 Å². The molecule has 0 aliphatic heterocycles. The van der Waals surface area contributed by atoms with Crippen LogP contribution in [0.5, 0.6) is 0 Å². The molecule has 0 amide bonds. The molecule has 0 atom stereocenters. The first-order valence-electron chi connectivity index (χ1n) is 4.27. The molecule has 0 unspecified atom stereocenters. The maximum Gasteiger partial charge on any atom is 0.312 e. The lowest BCUT2D eigenvalue weighted by molar-refractivity contribution is 0.507. The van der Waals surface area contributed by atoms with Gasteiger partial charge in [-0.3, -0.25) is 0 Å². The van der Waals surface area contributed by atoms with E-state index in [1.165, 1.54) is 5.56 Å². The quantitative estimate of drug-likeness (QED) is 0.762. The molecule has 3 nitrogen and oxygen atoms in total. The fourth-order valence-corrected chi connectivity index (χ4v) is 1.31. The van der Waals surface area contributed by atoms with Crippen LogP contribution in [-0.2, 0) is 6.42 Å². The summed E-state index contributed by atoms with van der Waals surface area (Å²) in [5.74, 6) is 0.541. The van der Waals surface area contributed by atoms with Crippen LogP contribution in [0, 0.1) is 6.92 Å². The molecular weight excluding hydrogens is 200 g/mol. The minimum absolute atomic E-state index is 0.0899. The van der Waals surface area contributed by atoms with E-state index >= 15 is 0 Å². The van der Waals surface area contributed by atoms with Crippen LogP contribution in [0.3, 0.4) is 0 Å². The summed E-state index contributed by atoms with van der Waals surface area (Å²) in [6, 6.07) is 8.17. The van der Waals surface area contributed by atoms with Gasteiger partial charge in [-0.05, 0) is 24.1 Å². The molecule has 0 radical (unpaired) electrons. The Balaban J connectivity index is 2.15. The van der Waals surface area contributed by atoms with Crippen LogP contribution in [-0.4, -0.2) is 10.2 Å². The molecule has 1 heterocycles. The summed E-state index contributed by atoms with van der Waals surface area (Å²) in [5, 5.41) is 7.45. The van der Waals surface area contributed by atoms with Crippen molar-refractivity contribution >= 4 is 11.6 Å². The zero-order valence-electron chi connectivity index (χ0n) is 7.70. The molecule has 0 spiro atoms. The van der Waals surface area contributed by atoms with E-state index in [-0.39, 0.29) is 5.35 Å². The molecule has 0 N–H and O–H groups in total. The van der Waals surface area contributed by atoms with Crippen molar-refractivity contribution in [3.8, 4) is 0 Å². The number of benzene rings is 1. The number of aryl methyl sites for hydroxylation is 1. The first-order valence-corrected chi connectivity index (χ1v) is 4.65. The third kappa shape index (κ3) is 2.12. The molecule has 4 heteroatoms. The summed E-state index contributed by atoms with van der Waals surface area (Å²) >= 11 is 5.51. The highest BCUT2D eigenvalue weighted by Crippen LogP contribution is 2.11. The Morgan fingerprint density at radius 3 is 2.50 bits per heavy atom. The molecule has 0 saturated carbocycles. The van der Waals surface area contributed by atoms with Gasteiger partial charge in [0.15, 0.2) is 0 Å². The first-order chi connectivity index (χ1) is 6.74. The van der Waals surface area contributed by atoms with Crippen molar-refractivity contribution in [2.75, 3.05) is 0 Å². The van der Waals surface area contributed by atoms with Crippen molar-refractivity contribution in [3.63, 3.8) is 0 Å². The van der Waals surface area contributed by atoms with Gasteiger partial charge >= 0.3 is 5.35 Å². The molecule has 1 aromatic carbocycles. The number of aromatic nitrogens is 2. The highest BCUT2D eigenvalue weighted by atomic mass is 35.5. The van der Waals surface area contributed by atoms with Gasteiger partial charge in [0.25, 0.3) is 0 Å². The van der Waals surface area contributed by atoms with Crippen LogP contribution in [0.1, 0.15) is 17.0 Å². The van der Waals surface area contributed by atoms with Crippen molar-refractivity contribution in [2.45, 2.75) is 13.3 Å². The Morgan fingerprint density at radius 2 is 1.93 bits per heavy atom. The van der Waals surface area contributed by atoms with Gasteiger partial charge in [0, 0.05) is 0 Å². The molecule has 0 aliphatic carbocycles. The highest BCUT2D eigenvalue weighted by molar-refractivity contribution is 6.27. The molecule has 0 saturated heterocycles. The third-order valence-electron chi connectivity index (χ3n) is 1.92. The first kappa shape index (κ1) is 9.21. The number of hydrogen-bond acceptors (Lipinski definition) is 3. The average molecular weight is 209 g/mol. The van der Waals surface area contributed by atoms with Crippen molar-refractivity contribution in [2.24, 2.45) is 0 Å². The zero-order valence-corrected chi connectivity index (χ0v) is 8.45. The third-order valence-corrected chi connectivity index (χ3v) is 2.07. The number of rotatable bonds is 2. The summed E-state index contributed by atoms with van der Waals surface area (Å²) in [7, 11) is 0. The summed E-state index contributed by atoms with van der Waals surface area (Å²) < 4.78 is 5.06. The smallest absolute Gasteiger partial charge is 0.312 e. The van der Waals surface area contributed by atoms with Crippen molar-refractivity contribution < 1.29 is 4.42 Å². The van der Waals surface area contributed by atoms with Gasteiger partial charge < -0.3 is 4.42 Å². The van der Waals surface area contributed by atoms with Crippen molar-refractivity contribution in [1.82, 2.24) is 10.2 Å². The Labute approximate surface area is 86.7 Å². The fraction of sp³-hybridized carbons (Fsp3) is 0.200. The second kappa shape index (κ2) is 3.80. The van der Waals surface area contributed by atoms with E-state index in [0.717, 1.165) is 5.56 Å². The average Bonchev–Trinajstić information content (AvgIpc) is 2.56. The van der Waals surface area contributed by atoms with Crippen LogP contribution < -0.4 is 0 Å². The normalized spacial score (nSPS) is 10.4. The van der Waals surface area contributed by atoms with Crippen LogP contribution in [0.2, 0.25) is 5.35 Å². The van der Waals surface area contributed by atoms with Crippen LogP contribution >= 0.6 is 11.6 Å². The summed E-state index contributed by atoms with van der Waals surface area (Å²) in [5.41, 5.74) is 2.37. The minimum atomic E-state index is 0.0899. The van der Waals surface area contributed by atoms with Gasteiger partial charge in [-0.15, -0.1) is 5.10 Å². The second-order valence-corrected chi connectivity index (χ2v) is 3.43. The Hall–Kier alpha value is -1.35. The number of halogens is 1. The maximum absolute atomic E-state index is 5.51. The summed E-state index contributed by atoms with van der Waals surface area (Å²) in [6.45, 7) is 2.05. The van der Waals surface area contributed by atoms with Crippen molar-refractivity contribution in [3.05, 3.63) is 46.6 Å². The van der Waals surface area contributed by atoms with E-state index in [1.807, 2.05) is 31.2 Å². The van der Waals surface area contributed by atoms with E-state index < -0.39 is 0 Å². The molecule has 72 valence electrons. The topological polar surface area (TPSA) is 38.9 Å². The molecule has 2 rings (SSSR count). The van der Waals surface area contributed by atoms with Crippen molar-refractivity contribution in [1.29, 1.82) is 0 Å². The summed E-state index contributed by atoms with van der Waals surface area (Å²) in [6.07, 6.45) is 0.625. The number of hydrogen-bond donors (Lipinski definition) is 0. The van der Waals surface area contributed by atoms with Crippen LogP contribution in [0.4, 0.5) is 0 Å². The van der Waals surface area contributed by atoms with E-state index in [2.05, 4.69) is 10.2 Å². The van der Waals surface area contributed by atoms with Gasteiger partial charge in [0.05, 0.1) is 6.42 Å². The van der Waals surface area contributed by atoms with E-state index in [9.17, 15) is 0 Å².